The third-order valence-electron chi connectivity index (χ3n) is 0.855. The SMILES string of the molecule is C=[N+]([O-])c1cnc(C)s1. The monoisotopic (exact) mass is 142 g/mol. The lowest BCUT2D eigenvalue weighted by atomic mass is 10.8. The molecule has 3 nitrogen and oxygen atoms in total. The van der Waals surface area contributed by atoms with Crippen molar-refractivity contribution in [3.63, 3.8) is 0 Å². The predicted octanol–water partition coefficient (Wildman–Crippen LogP) is 1.29. The molecule has 1 aromatic rings. The molecule has 1 aromatic heterocycles. The van der Waals surface area contributed by atoms with E-state index >= 15 is 0 Å². The van der Waals surface area contributed by atoms with Crippen LogP contribution in [0.1, 0.15) is 5.01 Å². The van der Waals surface area contributed by atoms with Gasteiger partial charge < -0.3 is 5.21 Å². The first-order valence-electron chi connectivity index (χ1n) is 2.40. The summed E-state index contributed by atoms with van der Waals surface area (Å²) in [5.74, 6) is 0. The Labute approximate surface area is 56.9 Å². The average Bonchev–Trinajstić information content (AvgIpc) is 2.14. The van der Waals surface area contributed by atoms with Crippen LogP contribution in [0.25, 0.3) is 0 Å². The van der Waals surface area contributed by atoms with E-state index in [1.165, 1.54) is 17.5 Å². The Balaban J connectivity index is 2.98. The Bertz CT molecular complexity index is 231. The summed E-state index contributed by atoms with van der Waals surface area (Å²) in [6, 6.07) is 0. The van der Waals surface area contributed by atoms with Crippen LogP contribution in [0, 0.1) is 12.1 Å². The Kier molecular flexibility index (Phi) is 1.48. The number of aryl methyl sites for hydroxylation is 1. The van der Waals surface area contributed by atoms with E-state index in [4.69, 9.17) is 0 Å². The van der Waals surface area contributed by atoms with E-state index < -0.39 is 0 Å². The molecule has 0 aromatic carbocycles. The highest BCUT2D eigenvalue weighted by Crippen LogP contribution is 2.18. The minimum Gasteiger partial charge on any atom is -0.618 e. The summed E-state index contributed by atoms with van der Waals surface area (Å²) in [7, 11) is 0. The van der Waals surface area contributed by atoms with Gasteiger partial charge in [0, 0.05) is 0 Å². The first-order chi connectivity index (χ1) is 4.20. The summed E-state index contributed by atoms with van der Waals surface area (Å²) in [6.07, 6.45) is 1.51. The maximum atomic E-state index is 10.4. The Morgan fingerprint density at radius 1 is 1.89 bits per heavy atom. The Morgan fingerprint density at radius 3 is 2.78 bits per heavy atom. The van der Waals surface area contributed by atoms with Gasteiger partial charge in [-0.1, -0.05) is 11.3 Å². The topological polar surface area (TPSA) is 39.0 Å². The lowest BCUT2D eigenvalue weighted by Gasteiger charge is -1.91. The smallest absolute Gasteiger partial charge is 0.292 e. The molecular weight excluding hydrogens is 136 g/mol. The molecule has 1 heterocycles. The lowest BCUT2D eigenvalue weighted by molar-refractivity contribution is -0.345. The van der Waals surface area contributed by atoms with Gasteiger partial charge in [0.2, 0.25) is 0 Å². The van der Waals surface area contributed by atoms with Crippen molar-refractivity contribution in [1.82, 2.24) is 4.98 Å². The van der Waals surface area contributed by atoms with E-state index in [0.29, 0.717) is 9.74 Å². The molecule has 0 bridgehead atoms. The lowest BCUT2D eigenvalue weighted by Crippen LogP contribution is -1.83. The minimum atomic E-state index is 0.549. The summed E-state index contributed by atoms with van der Waals surface area (Å²) < 4.78 is 0.560. The molecular formula is C5H6N2OS. The van der Waals surface area contributed by atoms with Gasteiger partial charge in [-0.25, -0.2) is 4.98 Å². The third-order valence-corrected chi connectivity index (χ3v) is 1.77. The van der Waals surface area contributed by atoms with Crippen molar-refractivity contribution >= 4 is 23.1 Å². The maximum Gasteiger partial charge on any atom is 0.292 e. The van der Waals surface area contributed by atoms with Crippen LogP contribution in [0.2, 0.25) is 0 Å². The molecule has 0 spiro atoms. The number of nitrogens with zero attached hydrogens (tertiary/aromatic N) is 2. The van der Waals surface area contributed by atoms with E-state index in [0.717, 1.165) is 5.01 Å². The normalized spacial score (nSPS) is 9.44. The van der Waals surface area contributed by atoms with E-state index in [1.54, 1.807) is 0 Å². The van der Waals surface area contributed by atoms with Crippen LogP contribution in [0.15, 0.2) is 6.20 Å². The second kappa shape index (κ2) is 2.14. The Hall–Kier alpha value is -0.900. The second-order valence-corrected chi connectivity index (χ2v) is 2.81. The van der Waals surface area contributed by atoms with Crippen molar-refractivity contribution in [3.8, 4) is 0 Å². The molecule has 0 aliphatic rings. The molecule has 0 aliphatic heterocycles. The summed E-state index contributed by atoms with van der Waals surface area (Å²) in [6.45, 7) is 5.02. The van der Waals surface area contributed by atoms with Crippen LogP contribution in [-0.2, 0) is 0 Å². The highest BCUT2D eigenvalue weighted by molar-refractivity contribution is 7.14. The molecule has 9 heavy (non-hydrogen) atoms. The molecule has 0 amide bonds. The van der Waals surface area contributed by atoms with E-state index in [9.17, 15) is 5.21 Å². The van der Waals surface area contributed by atoms with Gasteiger partial charge in [0.05, 0.1) is 5.01 Å². The minimum absolute atomic E-state index is 0.549. The number of hydrogen-bond acceptors (Lipinski definition) is 3. The zero-order chi connectivity index (χ0) is 6.85. The van der Waals surface area contributed by atoms with Gasteiger partial charge in [-0.2, -0.15) is 4.74 Å². The molecule has 0 radical (unpaired) electrons. The molecule has 0 saturated heterocycles. The van der Waals surface area contributed by atoms with E-state index in [2.05, 4.69) is 11.7 Å². The van der Waals surface area contributed by atoms with Gasteiger partial charge in [-0.3, -0.25) is 0 Å². The molecule has 0 atom stereocenters. The first-order valence-corrected chi connectivity index (χ1v) is 3.22. The number of rotatable bonds is 1. The Morgan fingerprint density at radius 2 is 2.56 bits per heavy atom. The summed E-state index contributed by atoms with van der Waals surface area (Å²) in [4.78, 5) is 3.87. The molecule has 0 fully saturated rings. The van der Waals surface area contributed by atoms with Gasteiger partial charge in [0.25, 0.3) is 5.00 Å². The summed E-state index contributed by atoms with van der Waals surface area (Å²) in [5, 5.41) is 11.9. The zero-order valence-corrected chi connectivity index (χ0v) is 5.81. The quantitative estimate of drug-likeness (QED) is 0.256. The maximum absolute atomic E-state index is 10.4. The molecule has 0 unspecified atom stereocenters. The van der Waals surface area contributed by atoms with E-state index in [-0.39, 0.29) is 0 Å². The van der Waals surface area contributed by atoms with Gasteiger partial charge in [-0.05, 0) is 6.92 Å². The van der Waals surface area contributed by atoms with Crippen molar-refractivity contribution in [2.24, 2.45) is 0 Å². The molecule has 0 N–H and O–H groups in total. The number of hydrogen-bond donors (Lipinski definition) is 0. The number of thiazole rings is 1. The van der Waals surface area contributed by atoms with Gasteiger partial charge >= 0.3 is 0 Å². The van der Waals surface area contributed by atoms with Crippen LogP contribution in [-0.4, -0.2) is 16.4 Å². The van der Waals surface area contributed by atoms with Crippen LogP contribution >= 0.6 is 11.3 Å². The van der Waals surface area contributed by atoms with Gasteiger partial charge in [-0.15, -0.1) is 0 Å². The van der Waals surface area contributed by atoms with Gasteiger partial charge in [0.15, 0.2) is 0 Å². The summed E-state index contributed by atoms with van der Waals surface area (Å²) in [5.41, 5.74) is 0. The fraction of sp³-hybridized carbons (Fsp3) is 0.200. The van der Waals surface area contributed by atoms with Crippen molar-refractivity contribution in [2.45, 2.75) is 6.92 Å². The van der Waals surface area contributed by atoms with E-state index in [1.807, 2.05) is 6.92 Å². The number of aromatic nitrogens is 1. The van der Waals surface area contributed by atoms with Crippen LogP contribution in [0.4, 0.5) is 5.00 Å². The molecule has 4 heteroatoms. The molecule has 0 aliphatic carbocycles. The van der Waals surface area contributed by atoms with Crippen molar-refractivity contribution in [2.75, 3.05) is 0 Å². The van der Waals surface area contributed by atoms with Gasteiger partial charge in [0.1, 0.15) is 12.9 Å². The predicted molar refractivity (Wildman–Crippen MR) is 37.3 cm³/mol. The fourth-order valence-electron chi connectivity index (χ4n) is 0.465. The highest BCUT2D eigenvalue weighted by atomic mass is 32.1. The largest absolute Gasteiger partial charge is 0.618 e. The van der Waals surface area contributed by atoms with Crippen LogP contribution in [0.3, 0.4) is 0 Å². The molecule has 48 valence electrons. The van der Waals surface area contributed by atoms with Crippen LogP contribution < -0.4 is 0 Å². The van der Waals surface area contributed by atoms with Crippen molar-refractivity contribution < 1.29 is 4.74 Å². The third kappa shape index (κ3) is 1.26. The standard InChI is InChI=1S/C5H6N2OS/c1-4-6-3-5(9-4)7(2)8/h3H,2H2,1H3. The molecule has 1 rings (SSSR count). The second-order valence-electron chi connectivity index (χ2n) is 1.60. The summed E-state index contributed by atoms with van der Waals surface area (Å²) >= 11 is 1.34. The van der Waals surface area contributed by atoms with Crippen molar-refractivity contribution in [1.29, 1.82) is 0 Å². The highest BCUT2D eigenvalue weighted by Gasteiger charge is 2.01. The van der Waals surface area contributed by atoms with Crippen LogP contribution in [0.5, 0.6) is 0 Å². The first kappa shape index (κ1) is 6.22. The zero-order valence-electron chi connectivity index (χ0n) is 5.00. The van der Waals surface area contributed by atoms with Crippen molar-refractivity contribution in [3.05, 3.63) is 16.4 Å². The fourth-order valence-corrected chi connectivity index (χ4v) is 1.08. The average molecular weight is 142 g/mol. The molecule has 0 saturated carbocycles.